The van der Waals surface area contributed by atoms with Gasteiger partial charge in [0, 0.05) is 11.5 Å². The highest BCUT2D eigenvalue weighted by Crippen LogP contribution is 2.06. The number of carbonyl (C=O) groups excluding carboxylic acids is 3. The molecule has 5 unspecified atom stereocenters. The zero-order valence-electron chi connectivity index (χ0n) is 16.1. The number of carboxylic acid groups (broad SMARTS) is 2. The zero-order valence-corrected chi connectivity index (χ0v) is 17.9. The van der Waals surface area contributed by atoms with Crippen LogP contribution in [0.15, 0.2) is 0 Å². The van der Waals surface area contributed by atoms with Gasteiger partial charge in [0.15, 0.2) is 0 Å². The molecule has 29 heavy (non-hydrogen) atoms. The van der Waals surface area contributed by atoms with Crippen LogP contribution in [0.4, 0.5) is 0 Å². The monoisotopic (exact) mass is 452 g/mol. The van der Waals surface area contributed by atoms with Crippen molar-refractivity contribution in [1.29, 1.82) is 0 Å². The molecule has 0 spiro atoms. The Hall–Kier alpha value is -1.99. The Morgan fingerprint density at radius 3 is 1.62 bits per heavy atom. The third kappa shape index (κ3) is 9.37. The number of carboxylic acids is 2. The molecule has 0 aromatic heterocycles. The van der Waals surface area contributed by atoms with E-state index in [1.807, 2.05) is 12.2 Å². The molecule has 0 saturated carbocycles. The molecule has 5 atom stereocenters. The average Bonchev–Trinajstić information content (AvgIpc) is 2.67. The van der Waals surface area contributed by atoms with Crippen LogP contribution >= 0.6 is 25.3 Å². The predicted octanol–water partition coefficient (Wildman–Crippen LogP) is -1.77. The molecule has 0 bridgehead atoms. The first-order chi connectivity index (χ1) is 13.5. The van der Waals surface area contributed by atoms with Crippen molar-refractivity contribution in [2.75, 3.05) is 11.5 Å². The summed E-state index contributed by atoms with van der Waals surface area (Å²) in [5, 5.41) is 24.5. The second-order valence-electron chi connectivity index (χ2n) is 6.40. The van der Waals surface area contributed by atoms with Gasteiger partial charge in [-0.1, -0.05) is 20.3 Å². The highest BCUT2D eigenvalue weighted by molar-refractivity contribution is 7.80. The van der Waals surface area contributed by atoms with Gasteiger partial charge in [-0.2, -0.15) is 25.3 Å². The van der Waals surface area contributed by atoms with Gasteiger partial charge in [-0.25, -0.2) is 4.79 Å². The smallest absolute Gasteiger partial charge is 0.326 e. The third-order valence-corrected chi connectivity index (χ3v) is 4.91. The van der Waals surface area contributed by atoms with E-state index in [0.29, 0.717) is 6.42 Å². The Labute approximate surface area is 179 Å². The summed E-state index contributed by atoms with van der Waals surface area (Å²) < 4.78 is 0. The van der Waals surface area contributed by atoms with Gasteiger partial charge in [-0.15, -0.1) is 0 Å². The lowest BCUT2D eigenvalue weighted by molar-refractivity contribution is -0.147. The van der Waals surface area contributed by atoms with E-state index in [1.54, 1.807) is 6.92 Å². The van der Waals surface area contributed by atoms with Crippen LogP contribution in [0.1, 0.15) is 26.7 Å². The minimum absolute atomic E-state index is 0.0809. The molecule has 0 saturated heterocycles. The second kappa shape index (κ2) is 13.3. The molecule has 0 aliphatic rings. The Morgan fingerprint density at radius 2 is 1.28 bits per heavy atom. The highest BCUT2D eigenvalue weighted by Gasteiger charge is 2.30. The first-order valence-corrected chi connectivity index (χ1v) is 10.1. The van der Waals surface area contributed by atoms with Crippen LogP contribution in [0.25, 0.3) is 0 Å². The van der Waals surface area contributed by atoms with Gasteiger partial charge >= 0.3 is 11.9 Å². The molecule has 13 heteroatoms. The molecule has 0 fully saturated rings. The van der Waals surface area contributed by atoms with Crippen molar-refractivity contribution in [2.24, 2.45) is 11.7 Å². The fraction of sp³-hybridized carbons (Fsp3) is 0.688. The predicted molar refractivity (Wildman–Crippen MR) is 111 cm³/mol. The van der Waals surface area contributed by atoms with Crippen molar-refractivity contribution in [3.63, 3.8) is 0 Å². The van der Waals surface area contributed by atoms with Crippen molar-refractivity contribution in [3.8, 4) is 0 Å². The lowest BCUT2D eigenvalue weighted by Gasteiger charge is -2.24. The van der Waals surface area contributed by atoms with Gasteiger partial charge in [-0.05, 0) is 5.92 Å². The van der Waals surface area contributed by atoms with Gasteiger partial charge in [0.1, 0.15) is 18.1 Å². The quantitative estimate of drug-likeness (QED) is 0.151. The molecule has 3 amide bonds. The molecule has 7 N–H and O–H groups in total. The minimum Gasteiger partial charge on any atom is -0.481 e. The molecule has 0 aliphatic carbocycles. The summed E-state index contributed by atoms with van der Waals surface area (Å²) in [6.45, 7) is 3.66. The second-order valence-corrected chi connectivity index (χ2v) is 7.13. The maximum Gasteiger partial charge on any atom is 0.326 e. The molecule has 0 heterocycles. The first-order valence-electron chi connectivity index (χ1n) is 8.81. The zero-order chi connectivity index (χ0) is 22.7. The molecule has 0 aromatic carbocycles. The summed E-state index contributed by atoms with van der Waals surface area (Å²) >= 11 is 7.96. The van der Waals surface area contributed by atoms with Crippen molar-refractivity contribution in [2.45, 2.75) is 50.9 Å². The van der Waals surface area contributed by atoms with E-state index in [-0.39, 0.29) is 17.4 Å². The molecule has 0 rings (SSSR count). The fourth-order valence-corrected chi connectivity index (χ4v) is 2.60. The summed E-state index contributed by atoms with van der Waals surface area (Å²) in [6.07, 6.45) is -0.174. The topological polar surface area (TPSA) is 188 Å². The average molecular weight is 453 g/mol. The first kappa shape index (κ1) is 27.0. The number of carbonyl (C=O) groups is 5. The number of hydrogen-bond donors (Lipinski definition) is 8. The molecular weight excluding hydrogens is 424 g/mol. The number of nitrogens with two attached hydrogens (primary N) is 1. The van der Waals surface area contributed by atoms with E-state index in [2.05, 4.69) is 35.9 Å². The summed E-state index contributed by atoms with van der Waals surface area (Å²) in [5.74, 6) is -5.57. The number of hydrogen-bond acceptors (Lipinski definition) is 8. The van der Waals surface area contributed by atoms with E-state index >= 15 is 0 Å². The summed E-state index contributed by atoms with van der Waals surface area (Å²) in [7, 11) is 0. The Kier molecular flexibility index (Phi) is 12.4. The van der Waals surface area contributed by atoms with Gasteiger partial charge in [0.2, 0.25) is 17.7 Å². The van der Waals surface area contributed by atoms with Crippen LogP contribution in [0.3, 0.4) is 0 Å². The Bertz CT molecular complexity index is 620. The van der Waals surface area contributed by atoms with Crippen LogP contribution < -0.4 is 21.7 Å². The van der Waals surface area contributed by atoms with E-state index in [1.165, 1.54) is 0 Å². The highest BCUT2D eigenvalue weighted by atomic mass is 32.1. The van der Waals surface area contributed by atoms with Crippen LogP contribution in [-0.2, 0) is 24.0 Å². The van der Waals surface area contributed by atoms with Crippen LogP contribution in [0.2, 0.25) is 0 Å². The van der Waals surface area contributed by atoms with Gasteiger partial charge in [0.25, 0.3) is 0 Å². The standard InChI is InChI=1S/C16H28N4O7S2/c1-3-7(2)12(17)15(25)20-10(6-29)14(24)19-9(5-28)13(23)18-8(16(26)27)4-11(21)22/h7-10,12,28-29H,3-6,17H2,1-2H3,(H,18,23)(H,19,24)(H,20,25)(H,21,22)(H,26,27). The number of aliphatic carboxylic acids is 2. The van der Waals surface area contributed by atoms with E-state index in [0.717, 1.165) is 0 Å². The Morgan fingerprint density at radius 1 is 0.862 bits per heavy atom. The molecule has 0 radical (unpaired) electrons. The Balaban J connectivity index is 5.04. The number of amides is 3. The molecule has 166 valence electrons. The SMILES string of the molecule is CCC(C)C(N)C(=O)NC(CS)C(=O)NC(CS)C(=O)NC(CC(=O)O)C(=O)O. The maximum absolute atomic E-state index is 12.4. The summed E-state index contributed by atoms with van der Waals surface area (Å²) in [6, 6.07) is -4.85. The van der Waals surface area contributed by atoms with Crippen LogP contribution in [-0.4, -0.2) is 75.5 Å². The van der Waals surface area contributed by atoms with Crippen molar-refractivity contribution in [3.05, 3.63) is 0 Å². The van der Waals surface area contributed by atoms with E-state index < -0.39 is 60.2 Å². The molecule has 11 nitrogen and oxygen atoms in total. The van der Waals surface area contributed by atoms with Crippen LogP contribution in [0.5, 0.6) is 0 Å². The summed E-state index contributed by atoms with van der Waals surface area (Å²) in [5.41, 5.74) is 5.82. The lowest BCUT2D eigenvalue weighted by Crippen LogP contribution is -2.58. The lowest BCUT2D eigenvalue weighted by atomic mass is 9.99. The fourth-order valence-electron chi connectivity index (χ4n) is 2.09. The molecular formula is C16H28N4O7S2. The van der Waals surface area contributed by atoms with Crippen molar-refractivity contribution >= 4 is 54.9 Å². The molecule has 0 aliphatic heterocycles. The van der Waals surface area contributed by atoms with Crippen LogP contribution in [0, 0.1) is 5.92 Å². The molecule has 0 aromatic rings. The van der Waals surface area contributed by atoms with E-state index in [9.17, 15) is 24.0 Å². The minimum atomic E-state index is -1.67. The normalized spacial score (nSPS) is 15.9. The van der Waals surface area contributed by atoms with Gasteiger partial charge in [-0.3, -0.25) is 19.2 Å². The van der Waals surface area contributed by atoms with Crippen molar-refractivity contribution < 1.29 is 34.2 Å². The van der Waals surface area contributed by atoms with E-state index in [4.69, 9.17) is 15.9 Å². The number of rotatable bonds is 13. The number of nitrogens with one attached hydrogen (secondary N) is 3. The third-order valence-electron chi connectivity index (χ3n) is 4.18. The van der Waals surface area contributed by atoms with Gasteiger partial charge in [0.05, 0.1) is 12.5 Å². The summed E-state index contributed by atoms with van der Waals surface area (Å²) in [4.78, 5) is 58.6. The van der Waals surface area contributed by atoms with Crippen molar-refractivity contribution in [1.82, 2.24) is 16.0 Å². The maximum atomic E-state index is 12.4. The number of thiol groups is 2. The van der Waals surface area contributed by atoms with Gasteiger partial charge < -0.3 is 31.9 Å². The largest absolute Gasteiger partial charge is 0.481 e.